The Morgan fingerprint density at radius 1 is 1.13 bits per heavy atom. The SMILES string of the molecule is Cc1cnc2[nH]c3c(C)c(C(=O)NC4CCN(CCO)CC4)cc(-c4cccc(S(=O)(=O)C5CC5)c4)c3c2c1. The highest BCUT2D eigenvalue weighted by Crippen LogP contribution is 2.40. The summed E-state index contributed by atoms with van der Waals surface area (Å²) in [5.74, 6) is -0.138. The van der Waals surface area contributed by atoms with E-state index in [0.29, 0.717) is 29.8 Å². The van der Waals surface area contributed by atoms with Crippen molar-refractivity contribution in [2.24, 2.45) is 0 Å². The van der Waals surface area contributed by atoms with Crippen molar-refractivity contribution in [3.05, 3.63) is 59.3 Å². The van der Waals surface area contributed by atoms with Crippen LogP contribution in [0.4, 0.5) is 0 Å². The summed E-state index contributed by atoms with van der Waals surface area (Å²) in [6, 6.07) is 11.2. The highest BCUT2D eigenvalue weighted by Gasteiger charge is 2.37. The zero-order valence-corrected chi connectivity index (χ0v) is 23.1. The Labute approximate surface area is 228 Å². The summed E-state index contributed by atoms with van der Waals surface area (Å²) in [6.07, 6.45) is 4.88. The molecule has 1 saturated carbocycles. The molecule has 0 radical (unpaired) electrons. The average Bonchev–Trinajstić information content (AvgIpc) is 3.73. The van der Waals surface area contributed by atoms with Crippen LogP contribution in [0.25, 0.3) is 33.1 Å². The van der Waals surface area contributed by atoms with Gasteiger partial charge >= 0.3 is 0 Å². The highest BCUT2D eigenvalue weighted by atomic mass is 32.2. The molecule has 0 spiro atoms. The van der Waals surface area contributed by atoms with Crippen LogP contribution in [-0.2, 0) is 9.84 Å². The van der Waals surface area contributed by atoms with Crippen molar-refractivity contribution >= 4 is 37.7 Å². The number of aromatic amines is 1. The van der Waals surface area contributed by atoms with E-state index in [-0.39, 0.29) is 23.8 Å². The first-order valence-corrected chi connectivity index (χ1v) is 15.2. The lowest BCUT2D eigenvalue weighted by molar-refractivity contribution is 0.0902. The molecule has 0 bridgehead atoms. The Morgan fingerprint density at radius 3 is 2.62 bits per heavy atom. The maximum Gasteiger partial charge on any atom is 0.251 e. The lowest BCUT2D eigenvalue weighted by Crippen LogP contribution is -2.45. The van der Waals surface area contributed by atoms with Crippen molar-refractivity contribution in [1.82, 2.24) is 20.2 Å². The third kappa shape index (κ3) is 4.83. The van der Waals surface area contributed by atoms with E-state index < -0.39 is 9.84 Å². The molecule has 8 nitrogen and oxygen atoms in total. The van der Waals surface area contributed by atoms with Gasteiger partial charge in [-0.25, -0.2) is 13.4 Å². The maximum absolute atomic E-state index is 13.7. The number of aromatic nitrogens is 2. The van der Waals surface area contributed by atoms with Gasteiger partial charge in [-0.2, -0.15) is 0 Å². The third-order valence-electron chi connectivity index (χ3n) is 8.14. The monoisotopic (exact) mass is 546 g/mol. The minimum absolute atomic E-state index is 0.0602. The number of hydrogen-bond donors (Lipinski definition) is 3. The summed E-state index contributed by atoms with van der Waals surface area (Å²) in [6.45, 7) is 6.41. The summed E-state index contributed by atoms with van der Waals surface area (Å²) < 4.78 is 26.1. The zero-order chi connectivity index (χ0) is 27.3. The Morgan fingerprint density at radius 2 is 1.90 bits per heavy atom. The summed E-state index contributed by atoms with van der Waals surface area (Å²) in [7, 11) is -3.37. The van der Waals surface area contributed by atoms with Crippen LogP contribution in [0.3, 0.4) is 0 Å². The summed E-state index contributed by atoms with van der Waals surface area (Å²) in [5.41, 5.74) is 5.55. The molecule has 0 unspecified atom stereocenters. The number of aliphatic hydroxyl groups excluding tert-OH is 1. The smallest absolute Gasteiger partial charge is 0.251 e. The molecule has 2 aliphatic rings. The first-order chi connectivity index (χ1) is 18.8. The number of pyridine rings is 1. The predicted octanol–water partition coefficient (Wildman–Crippen LogP) is 4.12. The van der Waals surface area contributed by atoms with E-state index in [1.165, 1.54) is 0 Å². The number of amides is 1. The molecule has 2 fully saturated rings. The third-order valence-corrected chi connectivity index (χ3v) is 10.4. The number of piperidine rings is 1. The van der Waals surface area contributed by atoms with Gasteiger partial charge in [0.1, 0.15) is 5.65 Å². The van der Waals surface area contributed by atoms with Crippen molar-refractivity contribution in [2.75, 3.05) is 26.2 Å². The molecule has 9 heteroatoms. The molecule has 2 aromatic heterocycles. The van der Waals surface area contributed by atoms with E-state index in [4.69, 9.17) is 0 Å². The molecule has 1 amide bonds. The van der Waals surface area contributed by atoms with E-state index in [1.54, 1.807) is 18.2 Å². The molecule has 1 aliphatic heterocycles. The molecule has 3 N–H and O–H groups in total. The van der Waals surface area contributed by atoms with Crippen LogP contribution in [0.15, 0.2) is 47.5 Å². The molecular formula is C30H34N4O4S. The second-order valence-corrected chi connectivity index (χ2v) is 13.2. The normalized spacial score (nSPS) is 17.2. The first-order valence-electron chi connectivity index (χ1n) is 13.7. The van der Waals surface area contributed by atoms with Crippen molar-refractivity contribution in [3.8, 4) is 11.1 Å². The Bertz CT molecular complexity index is 1680. The van der Waals surface area contributed by atoms with Crippen LogP contribution in [0.2, 0.25) is 0 Å². The number of nitrogens with zero attached hydrogens (tertiary/aromatic N) is 2. The number of likely N-dealkylation sites (tertiary alicyclic amines) is 1. The van der Waals surface area contributed by atoms with Crippen LogP contribution < -0.4 is 5.32 Å². The lowest BCUT2D eigenvalue weighted by Gasteiger charge is -2.32. The largest absolute Gasteiger partial charge is 0.395 e. The number of aliphatic hydroxyl groups is 1. The fourth-order valence-electron chi connectivity index (χ4n) is 5.78. The number of hydrogen-bond acceptors (Lipinski definition) is 6. The molecule has 6 rings (SSSR count). The average molecular weight is 547 g/mol. The second kappa shape index (κ2) is 10.0. The van der Waals surface area contributed by atoms with Gasteiger partial charge in [0.05, 0.1) is 22.3 Å². The number of nitrogens with one attached hydrogen (secondary N) is 2. The Hall–Kier alpha value is -3.27. The lowest BCUT2D eigenvalue weighted by atomic mass is 9.93. The van der Waals surface area contributed by atoms with Gasteiger partial charge in [-0.15, -0.1) is 0 Å². The predicted molar refractivity (Wildman–Crippen MR) is 153 cm³/mol. The van der Waals surface area contributed by atoms with Gasteiger partial charge in [0.2, 0.25) is 0 Å². The summed E-state index contributed by atoms with van der Waals surface area (Å²) in [4.78, 5) is 24.2. The highest BCUT2D eigenvalue weighted by molar-refractivity contribution is 7.92. The Kier molecular flexibility index (Phi) is 6.69. The molecule has 0 atom stereocenters. The molecule has 2 aromatic carbocycles. The first kappa shape index (κ1) is 26.0. The number of benzene rings is 2. The van der Waals surface area contributed by atoms with Crippen LogP contribution in [0, 0.1) is 13.8 Å². The molecule has 39 heavy (non-hydrogen) atoms. The number of H-pyrrole nitrogens is 1. The van der Waals surface area contributed by atoms with Crippen molar-refractivity contribution in [1.29, 1.82) is 0 Å². The van der Waals surface area contributed by atoms with Gasteiger partial charge in [-0.05, 0) is 86.1 Å². The second-order valence-electron chi connectivity index (χ2n) is 11.0. The number of carbonyl (C=O) groups is 1. The molecule has 3 heterocycles. The summed E-state index contributed by atoms with van der Waals surface area (Å²) >= 11 is 0. The van der Waals surface area contributed by atoms with E-state index in [1.807, 2.05) is 32.2 Å². The number of carbonyl (C=O) groups excluding carboxylic acids is 1. The quantitative estimate of drug-likeness (QED) is 0.321. The van der Waals surface area contributed by atoms with Crippen molar-refractivity contribution < 1.29 is 18.3 Å². The van der Waals surface area contributed by atoms with Crippen LogP contribution in [0.5, 0.6) is 0 Å². The van der Waals surface area contributed by atoms with Gasteiger partial charge < -0.3 is 20.3 Å². The van der Waals surface area contributed by atoms with Gasteiger partial charge in [0.25, 0.3) is 5.91 Å². The van der Waals surface area contributed by atoms with E-state index in [9.17, 15) is 18.3 Å². The molecule has 4 aromatic rings. The topological polar surface area (TPSA) is 115 Å². The number of β-amino-alcohol motifs (C(OH)–C–C–N with tert-alkyl or cyclic N) is 1. The molecule has 1 aliphatic carbocycles. The zero-order valence-electron chi connectivity index (χ0n) is 22.3. The van der Waals surface area contributed by atoms with Crippen LogP contribution in [-0.4, -0.2) is 71.8 Å². The maximum atomic E-state index is 13.7. The van der Waals surface area contributed by atoms with Gasteiger partial charge in [0, 0.05) is 48.2 Å². The molecule has 204 valence electrons. The molecular weight excluding hydrogens is 512 g/mol. The van der Waals surface area contributed by atoms with Crippen molar-refractivity contribution in [2.45, 2.75) is 55.7 Å². The fourth-order valence-corrected chi connectivity index (χ4v) is 7.48. The van der Waals surface area contributed by atoms with Gasteiger partial charge in [0.15, 0.2) is 9.84 Å². The number of sulfone groups is 1. The fraction of sp³-hybridized carbons (Fsp3) is 0.400. The van der Waals surface area contributed by atoms with Crippen LogP contribution in [0.1, 0.15) is 47.2 Å². The number of fused-ring (bicyclic) bond motifs is 3. The standard InChI is InChI=1S/C30H34N4O4S/c1-18-14-26-27-25(20-4-3-5-23(15-20)39(37,38)22-6-7-22)16-24(19(2)28(27)33-29(26)31-17-18)30(36)32-21-8-10-34(11-9-21)12-13-35/h3-5,14-17,21-22,35H,6-13H2,1-2H3,(H,31,33)(H,32,36). The Balaban J connectivity index is 1.45. The van der Waals surface area contributed by atoms with E-state index in [2.05, 4.69) is 26.3 Å². The number of rotatable bonds is 7. The molecule has 1 saturated heterocycles. The number of aryl methyl sites for hydroxylation is 2. The van der Waals surface area contributed by atoms with Crippen molar-refractivity contribution in [3.63, 3.8) is 0 Å². The van der Waals surface area contributed by atoms with Gasteiger partial charge in [-0.1, -0.05) is 12.1 Å². The van der Waals surface area contributed by atoms with E-state index in [0.717, 1.165) is 70.1 Å². The van der Waals surface area contributed by atoms with E-state index >= 15 is 0 Å². The van der Waals surface area contributed by atoms with Crippen LogP contribution >= 0.6 is 0 Å². The summed E-state index contributed by atoms with van der Waals surface area (Å²) in [5, 5.41) is 14.0. The minimum atomic E-state index is -3.37. The minimum Gasteiger partial charge on any atom is -0.395 e. The van der Waals surface area contributed by atoms with Gasteiger partial charge in [-0.3, -0.25) is 4.79 Å².